The highest BCUT2D eigenvalue weighted by Gasteiger charge is 2.17. The minimum Gasteiger partial charge on any atom is -0.616 e. The van der Waals surface area contributed by atoms with Gasteiger partial charge >= 0.3 is 11.9 Å². The molecule has 0 aliphatic heterocycles. The first-order chi connectivity index (χ1) is 31.3. The van der Waals surface area contributed by atoms with Crippen molar-refractivity contribution in [2.24, 2.45) is 0 Å². The zero-order chi connectivity index (χ0) is 46.6. The Morgan fingerprint density at radius 3 is 1.47 bits per heavy atom. The molecule has 0 saturated heterocycles. The third-order valence-corrected chi connectivity index (χ3v) is 13.7. The summed E-state index contributed by atoms with van der Waals surface area (Å²) < 4.78 is 29.6. The number of carbonyl (C=O) groups is 3. The van der Waals surface area contributed by atoms with E-state index in [0.29, 0.717) is 25.1 Å². The molecule has 0 fully saturated rings. The fourth-order valence-corrected chi connectivity index (χ4v) is 9.47. The van der Waals surface area contributed by atoms with Crippen LogP contribution < -0.4 is 5.32 Å². The zero-order valence-electron chi connectivity index (χ0n) is 42.1. The Labute approximate surface area is 397 Å². The summed E-state index contributed by atoms with van der Waals surface area (Å²) in [6, 6.07) is 3.54. The largest absolute Gasteiger partial charge is 0.616 e. The SMILES string of the molecule is CCCCCCCCC(CC)OC(=O)CCCCCCCN(CCCCCCCC(=O)OC(CCCCCCCC)CCCCCCCC)CCCNC(=O)C[S+]([O-])Cc1ccco1. The number of esters is 2. The molecule has 0 aliphatic rings. The Balaban J connectivity index is 2.43. The number of furan rings is 1. The third kappa shape index (κ3) is 38.1. The Morgan fingerprint density at radius 1 is 0.578 bits per heavy atom. The Morgan fingerprint density at radius 2 is 1.00 bits per heavy atom. The normalized spacial score (nSPS) is 12.5. The first-order valence-corrected chi connectivity index (χ1v) is 28.5. The summed E-state index contributed by atoms with van der Waals surface area (Å²) in [4.78, 5) is 40.4. The molecule has 0 aliphatic carbocycles. The van der Waals surface area contributed by atoms with Crippen molar-refractivity contribution in [3.63, 3.8) is 0 Å². The van der Waals surface area contributed by atoms with Gasteiger partial charge in [-0.2, -0.15) is 0 Å². The second-order valence-corrected chi connectivity index (χ2v) is 20.1. The summed E-state index contributed by atoms with van der Waals surface area (Å²) in [5, 5.41) is 2.97. The lowest BCUT2D eigenvalue weighted by Gasteiger charge is -2.22. The lowest BCUT2D eigenvalue weighted by Crippen LogP contribution is -2.34. The van der Waals surface area contributed by atoms with Crippen molar-refractivity contribution in [2.45, 2.75) is 270 Å². The fraction of sp³-hybridized carbons (Fsp3) is 0.870. The van der Waals surface area contributed by atoms with Gasteiger partial charge in [0.15, 0.2) is 17.3 Å². The second-order valence-electron chi connectivity index (χ2n) is 18.7. The molecule has 2 atom stereocenters. The van der Waals surface area contributed by atoms with Crippen LogP contribution in [0.1, 0.15) is 258 Å². The van der Waals surface area contributed by atoms with Crippen molar-refractivity contribution in [1.29, 1.82) is 0 Å². The van der Waals surface area contributed by atoms with Crippen LogP contribution in [0.15, 0.2) is 22.8 Å². The summed E-state index contributed by atoms with van der Waals surface area (Å²) >= 11 is -1.30. The van der Waals surface area contributed by atoms with E-state index >= 15 is 0 Å². The van der Waals surface area contributed by atoms with Crippen molar-refractivity contribution < 1.29 is 32.8 Å². The highest BCUT2D eigenvalue weighted by Crippen LogP contribution is 2.19. The number of ether oxygens (including phenoxy) is 2. The number of rotatable bonds is 48. The molecule has 1 aromatic heterocycles. The van der Waals surface area contributed by atoms with Crippen LogP contribution >= 0.6 is 0 Å². The lowest BCUT2D eigenvalue weighted by atomic mass is 10.0. The molecule has 0 radical (unpaired) electrons. The van der Waals surface area contributed by atoms with E-state index in [4.69, 9.17) is 13.9 Å². The van der Waals surface area contributed by atoms with Crippen LogP contribution in [0.25, 0.3) is 0 Å². The van der Waals surface area contributed by atoms with Gasteiger partial charge in [0.2, 0.25) is 0 Å². The highest BCUT2D eigenvalue weighted by molar-refractivity contribution is 7.91. The quantitative estimate of drug-likeness (QED) is 0.0390. The summed E-state index contributed by atoms with van der Waals surface area (Å²) in [6.45, 7) is 12.4. The van der Waals surface area contributed by atoms with Crippen LogP contribution in [0, 0.1) is 0 Å². The number of nitrogens with one attached hydrogen (secondary N) is 1. The van der Waals surface area contributed by atoms with Crippen LogP contribution in [0.4, 0.5) is 0 Å². The van der Waals surface area contributed by atoms with Gasteiger partial charge in [0.25, 0.3) is 5.91 Å². The molecule has 1 amide bonds. The number of hydrogen-bond acceptors (Lipinski definition) is 8. The predicted octanol–water partition coefficient (Wildman–Crippen LogP) is 14.5. The molecule has 0 saturated carbocycles. The smallest absolute Gasteiger partial charge is 0.306 e. The van der Waals surface area contributed by atoms with Crippen LogP contribution in [-0.2, 0) is 40.8 Å². The summed E-state index contributed by atoms with van der Waals surface area (Å²) in [7, 11) is 0. The van der Waals surface area contributed by atoms with Crippen molar-refractivity contribution in [3.05, 3.63) is 24.2 Å². The molecule has 0 spiro atoms. The van der Waals surface area contributed by atoms with Crippen LogP contribution in [0.5, 0.6) is 0 Å². The predicted molar refractivity (Wildman–Crippen MR) is 269 cm³/mol. The Hall–Kier alpha value is -2.04. The molecular weight excluding hydrogens is 821 g/mol. The van der Waals surface area contributed by atoms with Gasteiger partial charge in [0.05, 0.1) is 6.26 Å². The molecule has 64 heavy (non-hydrogen) atoms. The molecule has 1 aromatic rings. The summed E-state index contributed by atoms with van der Waals surface area (Å²) in [6.07, 6.45) is 40.8. The molecule has 1 rings (SSSR count). The molecule has 0 aromatic carbocycles. The summed E-state index contributed by atoms with van der Waals surface area (Å²) in [5.74, 6) is 0.640. The molecule has 374 valence electrons. The van der Waals surface area contributed by atoms with E-state index in [-0.39, 0.29) is 41.6 Å². The van der Waals surface area contributed by atoms with E-state index in [2.05, 4.69) is 37.9 Å². The van der Waals surface area contributed by atoms with Gasteiger partial charge in [-0.05, 0) is 120 Å². The molecule has 0 bridgehead atoms. The number of carbonyl (C=O) groups excluding carboxylic acids is 3. The highest BCUT2D eigenvalue weighted by atomic mass is 32.2. The maximum atomic E-state index is 12.9. The third-order valence-electron chi connectivity index (χ3n) is 12.5. The van der Waals surface area contributed by atoms with Crippen molar-refractivity contribution in [2.75, 3.05) is 31.9 Å². The van der Waals surface area contributed by atoms with Gasteiger partial charge in [0, 0.05) is 19.4 Å². The number of nitrogens with zero attached hydrogens (tertiary/aromatic N) is 1. The van der Waals surface area contributed by atoms with Gasteiger partial charge in [-0.15, -0.1) is 0 Å². The van der Waals surface area contributed by atoms with Crippen molar-refractivity contribution in [1.82, 2.24) is 10.2 Å². The van der Waals surface area contributed by atoms with E-state index in [0.717, 1.165) is 135 Å². The van der Waals surface area contributed by atoms with Crippen LogP contribution in [0.2, 0.25) is 0 Å². The van der Waals surface area contributed by atoms with E-state index in [9.17, 15) is 18.9 Å². The molecule has 1 heterocycles. The van der Waals surface area contributed by atoms with Gasteiger partial charge < -0.3 is 28.7 Å². The molecule has 1 N–H and O–H groups in total. The lowest BCUT2D eigenvalue weighted by molar-refractivity contribution is -0.150. The summed E-state index contributed by atoms with van der Waals surface area (Å²) in [5.41, 5.74) is 0. The van der Waals surface area contributed by atoms with Crippen molar-refractivity contribution >= 4 is 29.0 Å². The number of amides is 1. The Bertz CT molecular complexity index is 1170. The monoisotopic (exact) mass is 921 g/mol. The van der Waals surface area contributed by atoms with Gasteiger partial charge in [0.1, 0.15) is 12.2 Å². The maximum Gasteiger partial charge on any atom is 0.306 e. The average Bonchev–Trinajstić information content (AvgIpc) is 3.79. The topological polar surface area (TPSA) is 121 Å². The van der Waals surface area contributed by atoms with Gasteiger partial charge in [-0.1, -0.05) is 163 Å². The second kappa shape index (κ2) is 44.8. The van der Waals surface area contributed by atoms with Gasteiger partial charge in [-0.25, -0.2) is 0 Å². The molecule has 2 unspecified atom stereocenters. The molecular formula is C54H100N2O7S. The minimum atomic E-state index is -1.30. The van der Waals surface area contributed by atoms with Crippen LogP contribution in [0.3, 0.4) is 0 Å². The Kier molecular flexibility index (Phi) is 42.0. The van der Waals surface area contributed by atoms with Crippen LogP contribution in [-0.4, -0.2) is 71.4 Å². The van der Waals surface area contributed by atoms with E-state index in [1.807, 2.05) is 0 Å². The first-order valence-electron chi connectivity index (χ1n) is 27.1. The minimum absolute atomic E-state index is 0.00661. The first kappa shape index (κ1) is 60.0. The van der Waals surface area contributed by atoms with E-state index in [1.54, 1.807) is 18.4 Å². The molecule has 10 heteroatoms. The molecule has 9 nitrogen and oxygen atoms in total. The average molecular weight is 921 g/mol. The number of unbranched alkanes of at least 4 members (excludes halogenated alkanes) is 23. The zero-order valence-corrected chi connectivity index (χ0v) is 42.9. The van der Waals surface area contributed by atoms with Crippen molar-refractivity contribution in [3.8, 4) is 0 Å². The fourth-order valence-electron chi connectivity index (χ4n) is 8.49. The number of hydrogen-bond donors (Lipinski definition) is 1. The van der Waals surface area contributed by atoms with E-state index < -0.39 is 11.2 Å². The maximum absolute atomic E-state index is 12.9. The standard InChI is InChI=1S/C54H100N2O7S/c1-5-9-12-15-20-27-36-49(8-4)62-53(58)40-30-23-18-25-32-43-56(45-35-42-55-52(57)48-64(60)47-51-39-34-46-61-51)44-33-26-19-24-31-41-54(59)63-50(37-28-21-16-13-10-6-2)38-29-22-17-14-11-7-3/h34,39,46,49-50H,5-33,35-38,40-45,47-48H2,1-4H3,(H,55,57). The van der Waals surface area contributed by atoms with Gasteiger partial charge in [-0.3, -0.25) is 14.4 Å². The van der Waals surface area contributed by atoms with E-state index in [1.165, 1.54) is 96.3 Å².